The van der Waals surface area contributed by atoms with Crippen LogP contribution in [0.4, 0.5) is 0 Å². The molecule has 28 heavy (non-hydrogen) atoms. The molecule has 0 fully saturated rings. The topological polar surface area (TPSA) is 63.9 Å². The predicted molar refractivity (Wildman–Crippen MR) is 107 cm³/mol. The van der Waals surface area contributed by atoms with Crippen molar-refractivity contribution in [3.8, 4) is 16.9 Å². The zero-order valence-corrected chi connectivity index (χ0v) is 15.4. The summed E-state index contributed by atoms with van der Waals surface area (Å²) < 4.78 is 1.73. The SMILES string of the molecule is CN(Cc1cccnc1)C(=O)c1cn(-c2ccccc2)nc1-c1cccnc1. The standard InChI is InChI=1S/C22H19N5O/c1-26(15-17-7-5-11-23-13-17)22(28)20-16-27(19-9-3-2-4-10-19)25-21(20)18-8-6-12-24-14-18/h2-14,16H,15H2,1H3. The first-order valence-corrected chi connectivity index (χ1v) is 8.92. The van der Waals surface area contributed by atoms with Gasteiger partial charge in [-0.15, -0.1) is 0 Å². The molecule has 6 nitrogen and oxygen atoms in total. The van der Waals surface area contributed by atoms with E-state index in [2.05, 4.69) is 15.1 Å². The predicted octanol–water partition coefficient (Wildman–Crippen LogP) is 3.60. The number of hydrogen-bond donors (Lipinski definition) is 0. The molecular formula is C22H19N5O. The summed E-state index contributed by atoms with van der Waals surface area (Å²) in [6, 6.07) is 17.3. The van der Waals surface area contributed by atoms with Gasteiger partial charge in [0.15, 0.2) is 0 Å². The van der Waals surface area contributed by atoms with Gasteiger partial charge in [0.1, 0.15) is 5.69 Å². The van der Waals surface area contributed by atoms with E-state index in [-0.39, 0.29) is 5.91 Å². The van der Waals surface area contributed by atoms with E-state index in [1.54, 1.807) is 47.6 Å². The maximum absolute atomic E-state index is 13.2. The summed E-state index contributed by atoms with van der Waals surface area (Å²) in [7, 11) is 1.78. The van der Waals surface area contributed by atoms with Crippen LogP contribution in [0.2, 0.25) is 0 Å². The van der Waals surface area contributed by atoms with Crippen molar-refractivity contribution in [2.75, 3.05) is 7.05 Å². The Kier molecular flexibility index (Phi) is 4.93. The van der Waals surface area contributed by atoms with Crippen LogP contribution in [0.15, 0.2) is 85.6 Å². The van der Waals surface area contributed by atoms with Crippen molar-refractivity contribution in [2.45, 2.75) is 6.54 Å². The third-order valence-electron chi connectivity index (χ3n) is 4.39. The van der Waals surface area contributed by atoms with Gasteiger partial charge in [0, 0.05) is 50.1 Å². The maximum atomic E-state index is 13.2. The normalized spacial score (nSPS) is 10.6. The molecule has 0 aliphatic carbocycles. The highest BCUT2D eigenvalue weighted by Gasteiger charge is 2.22. The monoisotopic (exact) mass is 369 g/mol. The molecule has 138 valence electrons. The number of pyridine rings is 2. The number of amides is 1. The molecule has 0 saturated heterocycles. The molecule has 4 aromatic rings. The van der Waals surface area contributed by atoms with Crippen LogP contribution >= 0.6 is 0 Å². The van der Waals surface area contributed by atoms with E-state index in [1.807, 2.05) is 54.6 Å². The molecule has 0 radical (unpaired) electrons. The summed E-state index contributed by atoms with van der Waals surface area (Å²) in [4.78, 5) is 23.2. The molecular weight excluding hydrogens is 350 g/mol. The number of hydrogen-bond acceptors (Lipinski definition) is 4. The fourth-order valence-corrected chi connectivity index (χ4v) is 3.00. The second-order valence-electron chi connectivity index (χ2n) is 6.44. The molecule has 1 amide bonds. The lowest BCUT2D eigenvalue weighted by Gasteiger charge is -2.17. The number of carbonyl (C=O) groups is 1. The van der Waals surface area contributed by atoms with Crippen LogP contribution in [-0.2, 0) is 6.54 Å². The van der Waals surface area contributed by atoms with Gasteiger partial charge in [0.05, 0.1) is 11.3 Å². The zero-order valence-electron chi connectivity index (χ0n) is 15.4. The highest BCUT2D eigenvalue weighted by Crippen LogP contribution is 2.24. The lowest BCUT2D eigenvalue weighted by Crippen LogP contribution is -2.26. The van der Waals surface area contributed by atoms with Crippen molar-refractivity contribution in [2.24, 2.45) is 0 Å². The number of nitrogens with zero attached hydrogens (tertiary/aromatic N) is 5. The molecule has 4 rings (SSSR count). The Morgan fingerprint density at radius 3 is 2.39 bits per heavy atom. The summed E-state index contributed by atoms with van der Waals surface area (Å²) >= 11 is 0. The minimum absolute atomic E-state index is 0.107. The molecule has 1 aromatic carbocycles. The van der Waals surface area contributed by atoms with Crippen molar-refractivity contribution >= 4 is 5.91 Å². The van der Waals surface area contributed by atoms with Crippen molar-refractivity contribution in [1.29, 1.82) is 0 Å². The van der Waals surface area contributed by atoms with Crippen LogP contribution in [0, 0.1) is 0 Å². The molecule has 0 unspecified atom stereocenters. The third-order valence-corrected chi connectivity index (χ3v) is 4.39. The Morgan fingerprint density at radius 1 is 0.964 bits per heavy atom. The molecule has 0 atom stereocenters. The lowest BCUT2D eigenvalue weighted by molar-refractivity contribution is 0.0785. The van der Waals surface area contributed by atoms with Crippen molar-refractivity contribution in [1.82, 2.24) is 24.6 Å². The average molecular weight is 369 g/mol. The first-order chi connectivity index (χ1) is 13.7. The van der Waals surface area contributed by atoms with Crippen molar-refractivity contribution < 1.29 is 4.79 Å². The number of benzene rings is 1. The number of para-hydroxylation sites is 1. The Labute approximate surface area is 163 Å². The second kappa shape index (κ2) is 7.84. The van der Waals surface area contributed by atoms with Gasteiger partial charge in [-0.25, -0.2) is 4.68 Å². The minimum Gasteiger partial charge on any atom is -0.337 e. The average Bonchev–Trinajstić information content (AvgIpc) is 3.20. The first kappa shape index (κ1) is 17.6. The van der Waals surface area contributed by atoms with E-state index in [4.69, 9.17) is 0 Å². The quantitative estimate of drug-likeness (QED) is 0.539. The van der Waals surface area contributed by atoms with Gasteiger partial charge in [-0.2, -0.15) is 5.10 Å². The Hall–Kier alpha value is -3.80. The summed E-state index contributed by atoms with van der Waals surface area (Å²) in [5.41, 5.74) is 3.80. The molecule has 0 saturated carbocycles. The molecule has 0 spiro atoms. The second-order valence-corrected chi connectivity index (χ2v) is 6.44. The van der Waals surface area contributed by atoms with E-state index >= 15 is 0 Å². The van der Waals surface area contributed by atoms with Gasteiger partial charge >= 0.3 is 0 Å². The summed E-state index contributed by atoms with van der Waals surface area (Å²) in [6.07, 6.45) is 8.68. The van der Waals surface area contributed by atoms with Crippen LogP contribution in [-0.4, -0.2) is 37.6 Å². The molecule has 6 heteroatoms. The summed E-state index contributed by atoms with van der Waals surface area (Å²) in [5, 5.41) is 4.68. The van der Waals surface area contributed by atoms with Crippen LogP contribution in [0.5, 0.6) is 0 Å². The molecule has 3 aromatic heterocycles. The van der Waals surface area contributed by atoms with Gasteiger partial charge in [-0.3, -0.25) is 14.8 Å². The Bertz CT molecular complexity index is 1060. The smallest absolute Gasteiger partial charge is 0.257 e. The highest BCUT2D eigenvalue weighted by atomic mass is 16.2. The largest absolute Gasteiger partial charge is 0.337 e. The molecule has 0 bridgehead atoms. The van der Waals surface area contributed by atoms with Crippen LogP contribution in [0.25, 0.3) is 16.9 Å². The van der Waals surface area contributed by atoms with E-state index in [1.165, 1.54) is 0 Å². The molecule has 0 aliphatic heterocycles. The van der Waals surface area contributed by atoms with Crippen molar-refractivity contribution in [3.63, 3.8) is 0 Å². The maximum Gasteiger partial charge on any atom is 0.257 e. The number of carbonyl (C=O) groups excluding carboxylic acids is 1. The zero-order chi connectivity index (χ0) is 19.3. The summed E-state index contributed by atoms with van der Waals surface area (Å²) in [5.74, 6) is -0.107. The van der Waals surface area contributed by atoms with Gasteiger partial charge in [0.25, 0.3) is 5.91 Å². The number of aromatic nitrogens is 4. The Morgan fingerprint density at radius 2 is 1.71 bits per heavy atom. The van der Waals surface area contributed by atoms with Gasteiger partial charge in [0.2, 0.25) is 0 Å². The molecule has 3 heterocycles. The Balaban J connectivity index is 1.72. The minimum atomic E-state index is -0.107. The van der Waals surface area contributed by atoms with Gasteiger partial charge in [-0.1, -0.05) is 24.3 Å². The van der Waals surface area contributed by atoms with E-state index in [0.717, 1.165) is 16.8 Å². The van der Waals surface area contributed by atoms with Gasteiger partial charge < -0.3 is 4.90 Å². The number of rotatable bonds is 5. The lowest BCUT2D eigenvalue weighted by atomic mass is 10.1. The summed E-state index contributed by atoms with van der Waals surface area (Å²) in [6.45, 7) is 0.468. The fraction of sp³-hybridized carbons (Fsp3) is 0.0909. The first-order valence-electron chi connectivity index (χ1n) is 8.92. The van der Waals surface area contributed by atoms with E-state index in [9.17, 15) is 4.79 Å². The van der Waals surface area contributed by atoms with E-state index < -0.39 is 0 Å². The molecule has 0 aliphatic rings. The molecule has 0 N–H and O–H groups in total. The van der Waals surface area contributed by atoms with Gasteiger partial charge in [-0.05, 0) is 35.9 Å². The van der Waals surface area contributed by atoms with Crippen LogP contribution in [0.1, 0.15) is 15.9 Å². The van der Waals surface area contributed by atoms with Crippen LogP contribution < -0.4 is 0 Å². The highest BCUT2D eigenvalue weighted by molar-refractivity contribution is 5.99. The third kappa shape index (κ3) is 3.66. The van der Waals surface area contributed by atoms with E-state index in [0.29, 0.717) is 17.8 Å². The van der Waals surface area contributed by atoms with Crippen molar-refractivity contribution in [3.05, 3.63) is 96.7 Å². The fourth-order valence-electron chi connectivity index (χ4n) is 3.00. The van der Waals surface area contributed by atoms with Crippen LogP contribution in [0.3, 0.4) is 0 Å².